The fourth-order valence-electron chi connectivity index (χ4n) is 2.03. The molecule has 102 valence electrons. The van der Waals surface area contributed by atoms with Gasteiger partial charge in [0.15, 0.2) is 5.82 Å². The fourth-order valence-corrected chi connectivity index (χ4v) is 2.65. The summed E-state index contributed by atoms with van der Waals surface area (Å²) in [5.74, 6) is 0.430. The summed E-state index contributed by atoms with van der Waals surface area (Å²) in [7, 11) is -2.33. The summed E-state index contributed by atoms with van der Waals surface area (Å²) in [5, 5.41) is 13.3. The van der Waals surface area contributed by atoms with E-state index >= 15 is 0 Å². The number of hydrogen-bond acceptors (Lipinski definition) is 5. The second kappa shape index (κ2) is 4.36. The molecule has 0 aliphatic heterocycles. The Morgan fingerprint density at radius 3 is 2.70 bits per heavy atom. The Bertz CT molecular complexity index is 901. The van der Waals surface area contributed by atoms with E-state index in [1.54, 1.807) is 13.2 Å². The lowest BCUT2D eigenvalue weighted by atomic mass is 10.1. The number of nitrogens with two attached hydrogens (primary N) is 1. The van der Waals surface area contributed by atoms with Crippen molar-refractivity contribution in [2.75, 3.05) is 0 Å². The molecule has 0 radical (unpaired) electrons. The predicted octanol–water partition coefficient (Wildman–Crippen LogP) is 0.678. The highest BCUT2D eigenvalue weighted by atomic mass is 32.2. The summed E-state index contributed by atoms with van der Waals surface area (Å²) < 4.78 is 24.1. The van der Waals surface area contributed by atoms with Crippen LogP contribution in [0.5, 0.6) is 0 Å². The highest BCUT2D eigenvalue weighted by molar-refractivity contribution is 7.89. The van der Waals surface area contributed by atoms with Gasteiger partial charge in [0.25, 0.3) is 15.2 Å². The van der Waals surface area contributed by atoms with E-state index in [-0.39, 0.29) is 5.16 Å². The fraction of sp³-hybridized carbons (Fsp3) is 0.0833. The average Bonchev–Trinajstić information content (AvgIpc) is 2.80. The maximum Gasteiger partial charge on any atom is 0.273 e. The van der Waals surface area contributed by atoms with Gasteiger partial charge in [0, 0.05) is 24.2 Å². The molecule has 8 heteroatoms. The minimum Gasteiger partial charge on any atom is -0.300 e. The molecular formula is C12H11N5O2S. The molecule has 2 N–H and O–H groups in total. The van der Waals surface area contributed by atoms with Gasteiger partial charge in [0.05, 0.1) is 5.52 Å². The van der Waals surface area contributed by atoms with Crippen LogP contribution in [-0.4, -0.2) is 28.2 Å². The van der Waals surface area contributed by atoms with Crippen molar-refractivity contribution >= 4 is 20.9 Å². The van der Waals surface area contributed by atoms with E-state index in [0.29, 0.717) is 5.82 Å². The van der Waals surface area contributed by atoms with Crippen LogP contribution >= 0.6 is 0 Å². The Labute approximate surface area is 115 Å². The minimum atomic E-state index is -3.89. The molecule has 0 saturated carbocycles. The maximum absolute atomic E-state index is 11.4. The molecule has 0 spiro atoms. The Hall–Kier alpha value is -2.32. The number of rotatable bonds is 2. The second-order valence-electron chi connectivity index (χ2n) is 4.32. The number of aromatic nitrogens is 4. The van der Waals surface area contributed by atoms with Crippen LogP contribution in [0, 0.1) is 0 Å². The monoisotopic (exact) mass is 289 g/mol. The van der Waals surface area contributed by atoms with E-state index in [1.807, 2.05) is 30.3 Å². The zero-order chi connectivity index (χ0) is 14.3. The van der Waals surface area contributed by atoms with Crippen molar-refractivity contribution < 1.29 is 8.42 Å². The standard InChI is InChI=1S/C12H11N5O2S/c1-17-11(15-16-12(17)20(13,18)19)9-4-5-10-8(7-9)3-2-6-14-10/h2-7H,1H3,(H2,13,18,19). The van der Waals surface area contributed by atoms with E-state index in [4.69, 9.17) is 5.14 Å². The molecule has 7 nitrogen and oxygen atoms in total. The van der Waals surface area contributed by atoms with Crippen LogP contribution < -0.4 is 5.14 Å². The Balaban J connectivity index is 2.19. The van der Waals surface area contributed by atoms with E-state index in [0.717, 1.165) is 16.5 Å². The summed E-state index contributed by atoms with van der Waals surface area (Å²) in [5.41, 5.74) is 1.60. The summed E-state index contributed by atoms with van der Waals surface area (Å²) in [4.78, 5) is 4.22. The van der Waals surface area contributed by atoms with E-state index in [9.17, 15) is 8.42 Å². The quantitative estimate of drug-likeness (QED) is 0.747. The van der Waals surface area contributed by atoms with Gasteiger partial charge in [-0.05, 0) is 24.3 Å². The number of sulfonamides is 1. The normalized spacial score (nSPS) is 11.9. The van der Waals surface area contributed by atoms with Crippen LogP contribution in [0.15, 0.2) is 41.7 Å². The topological polar surface area (TPSA) is 104 Å². The molecule has 20 heavy (non-hydrogen) atoms. The van der Waals surface area contributed by atoms with Gasteiger partial charge in [0.2, 0.25) is 0 Å². The summed E-state index contributed by atoms with van der Waals surface area (Å²) in [6, 6.07) is 9.28. The van der Waals surface area contributed by atoms with Crippen LogP contribution in [0.4, 0.5) is 0 Å². The molecule has 1 aromatic carbocycles. The van der Waals surface area contributed by atoms with Gasteiger partial charge in [-0.15, -0.1) is 10.2 Å². The number of primary sulfonamides is 1. The molecule has 0 atom stereocenters. The van der Waals surface area contributed by atoms with Crippen LogP contribution in [0.3, 0.4) is 0 Å². The molecule has 0 unspecified atom stereocenters. The van der Waals surface area contributed by atoms with Crippen molar-refractivity contribution in [3.8, 4) is 11.4 Å². The van der Waals surface area contributed by atoms with Gasteiger partial charge in [-0.25, -0.2) is 13.6 Å². The lowest BCUT2D eigenvalue weighted by Crippen LogP contribution is -2.17. The summed E-state index contributed by atoms with van der Waals surface area (Å²) in [6.45, 7) is 0. The third kappa shape index (κ3) is 2.04. The molecule has 0 aliphatic carbocycles. The maximum atomic E-state index is 11.4. The van der Waals surface area contributed by atoms with Gasteiger partial charge in [-0.2, -0.15) is 0 Å². The van der Waals surface area contributed by atoms with Crippen molar-refractivity contribution in [1.29, 1.82) is 0 Å². The molecule has 3 aromatic rings. The second-order valence-corrected chi connectivity index (χ2v) is 5.78. The third-order valence-corrected chi connectivity index (χ3v) is 3.82. The van der Waals surface area contributed by atoms with Gasteiger partial charge >= 0.3 is 0 Å². The lowest BCUT2D eigenvalue weighted by Gasteiger charge is -2.04. The van der Waals surface area contributed by atoms with Crippen LogP contribution in [0.2, 0.25) is 0 Å². The summed E-state index contributed by atoms with van der Waals surface area (Å²) >= 11 is 0. The molecule has 2 aromatic heterocycles. The Morgan fingerprint density at radius 2 is 2.00 bits per heavy atom. The Kier molecular flexibility index (Phi) is 2.77. The van der Waals surface area contributed by atoms with Crippen molar-refractivity contribution in [3.05, 3.63) is 36.5 Å². The first kappa shape index (κ1) is 12.7. The zero-order valence-corrected chi connectivity index (χ0v) is 11.4. The minimum absolute atomic E-state index is 0.265. The number of nitrogens with zero attached hydrogens (tertiary/aromatic N) is 4. The molecule has 2 heterocycles. The Morgan fingerprint density at radius 1 is 1.20 bits per heavy atom. The first-order valence-electron chi connectivity index (χ1n) is 5.74. The molecule has 0 aliphatic rings. The molecule has 0 saturated heterocycles. The van der Waals surface area contributed by atoms with Gasteiger partial charge < -0.3 is 0 Å². The predicted molar refractivity (Wildman–Crippen MR) is 73.1 cm³/mol. The SMILES string of the molecule is Cn1c(-c2ccc3ncccc3c2)nnc1S(N)(=O)=O. The largest absolute Gasteiger partial charge is 0.300 e. The smallest absolute Gasteiger partial charge is 0.273 e. The van der Waals surface area contributed by atoms with Crippen LogP contribution in [-0.2, 0) is 17.1 Å². The average molecular weight is 289 g/mol. The number of hydrogen-bond donors (Lipinski definition) is 1. The zero-order valence-electron chi connectivity index (χ0n) is 10.6. The number of fused-ring (bicyclic) bond motifs is 1. The number of pyridine rings is 1. The van der Waals surface area contributed by atoms with Crippen molar-refractivity contribution in [2.45, 2.75) is 5.16 Å². The van der Waals surface area contributed by atoms with Gasteiger partial charge in [-0.1, -0.05) is 6.07 Å². The summed E-state index contributed by atoms with van der Waals surface area (Å²) in [6.07, 6.45) is 1.71. The number of benzene rings is 1. The van der Waals surface area contributed by atoms with E-state index < -0.39 is 10.0 Å². The first-order valence-corrected chi connectivity index (χ1v) is 7.29. The molecule has 3 rings (SSSR count). The third-order valence-electron chi connectivity index (χ3n) is 2.95. The molecule has 0 amide bonds. The van der Waals surface area contributed by atoms with E-state index in [2.05, 4.69) is 15.2 Å². The lowest BCUT2D eigenvalue weighted by molar-refractivity contribution is 0.580. The highest BCUT2D eigenvalue weighted by Gasteiger charge is 2.19. The molecule has 0 bridgehead atoms. The van der Waals surface area contributed by atoms with Gasteiger partial charge in [0.1, 0.15) is 0 Å². The van der Waals surface area contributed by atoms with Crippen LogP contribution in [0.1, 0.15) is 0 Å². The van der Waals surface area contributed by atoms with Crippen molar-refractivity contribution in [2.24, 2.45) is 12.2 Å². The van der Waals surface area contributed by atoms with E-state index in [1.165, 1.54) is 4.57 Å². The van der Waals surface area contributed by atoms with Crippen molar-refractivity contribution in [1.82, 2.24) is 19.7 Å². The van der Waals surface area contributed by atoms with Crippen LogP contribution in [0.25, 0.3) is 22.3 Å². The first-order chi connectivity index (χ1) is 9.47. The molecular weight excluding hydrogens is 278 g/mol. The molecule has 0 fully saturated rings. The van der Waals surface area contributed by atoms with Crippen molar-refractivity contribution in [3.63, 3.8) is 0 Å². The van der Waals surface area contributed by atoms with Gasteiger partial charge in [-0.3, -0.25) is 9.55 Å². The highest BCUT2D eigenvalue weighted by Crippen LogP contribution is 2.22.